The van der Waals surface area contributed by atoms with Gasteiger partial charge in [-0.3, -0.25) is 9.59 Å². The molecule has 0 aliphatic carbocycles. The third-order valence-corrected chi connectivity index (χ3v) is 8.22. The van der Waals surface area contributed by atoms with E-state index >= 15 is 0 Å². The average molecular weight is 752 g/mol. The van der Waals surface area contributed by atoms with Crippen molar-refractivity contribution in [2.45, 2.75) is 135 Å². The predicted molar refractivity (Wildman–Crippen MR) is 221 cm³/mol. The first-order chi connectivity index (χ1) is 26.1. The third kappa shape index (κ3) is 34.0. The number of esters is 2. The largest absolute Gasteiger partial charge is 0.544 e. The highest BCUT2D eigenvalue weighted by atomic mass is 16.6. The Labute approximate surface area is 328 Å². The van der Waals surface area contributed by atoms with Crippen molar-refractivity contribution in [2.75, 3.05) is 41.0 Å². The molecule has 8 heteroatoms. The number of carbonyl (C=O) groups is 3. The Morgan fingerprint density at radius 1 is 0.556 bits per heavy atom. The number of hydrogen-bond donors (Lipinski definition) is 0. The molecule has 54 heavy (non-hydrogen) atoms. The van der Waals surface area contributed by atoms with Crippen LogP contribution in [0.1, 0.15) is 123 Å². The lowest BCUT2D eigenvalue weighted by atomic mass is 10.1. The molecule has 2 atom stereocenters. The fourth-order valence-corrected chi connectivity index (χ4v) is 5.11. The standard InChI is InChI=1S/C46H73NO7/c1-6-8-10-12-14-16-17-18-19-20-21-22-23-24-25-26-27-29-31-33-35-37-45(49)54-42(40-52-39-38-43(46(50)51)47(3,4)5)41-53-44(48)36-34-32-30-28-15-13-11-9-7-2/h8-11,14-16,18-19,21-22,24-25,27-29,42-43H,6-7,12-13,17,20,23,26,30-41H2,1-5H3/b10-8+,11-9+,16-14+,19-18+,22-21+,25-24+,28-15+,29-27+. The molecule has 0 radical (unpaired) electrons. The lowest BCUT2D eigenvalue weighted by molar-refractivity contribution is -0.889. The molecule has 0 amide bonds. The number of ether oxygens (including phenoxy) is 3. The molecule has 0 rings (SSSR count). The molecular formula is C46H73NO7. The smallest absolute Gasteiger partial charge is 0.306 e. The van der Waals surface area contributed by atoms with Gasteiger partial charge < -0.3 is 28.6 Å². The summed E-state index contributed by atoms with van der Waals surface area (Å²) in [4.78, 5) is 36.6. The molecule has 304 valence electrons. The Balaban J connectivity index is 4.48. The van der Waals surface area contributed by atoms with Crippen molar-refractivity contribution in [3.05, 3.63) is 97.2 Å². The molecule has 0 spiro atoms. The maximum atomic E-state index is 12.7. The summed E-state index contributed by atoms with van der Waals surface area (Å²) in [5, 5.41) is 11.6. The number of hydrogen-bond acceptors (Lipinski definition) is 7. The number of carboxylic acid groups (broad SMARTS) is 1. The number of aliphatic carboxylic acids is 1. The van der Waals surface area contributed by atoms with E-state index in [1.54, 1.807) is 21.1 Å². The second kappa shape index (κ2) is 36.2. The first kappa shape index (κ1) is 50.2. The lowest BCUT2D eigenvalue weighted by Gasteiger charge is -2.34. The van der Waals surface area contributed by atoms with Crippen LogP contribution in [0.25, 0.3) is 0 Å². The van der Waals surface area contributed by atoms with E-state index in [4.69, 9.17) is 14.2 Å². The zero-order chi connectivity index (χ0) is 40.0. The van der Waals surface area contributed by atoms with Crippen LogP contribution in [-0.2, 0) is 28.6 Å². The first-order valence-electron chi connectivity index (χ1n) is 20.3. The summed E-state index contributed by atoms with van der Waals surface area (Å²) in [6.07, 6.45) is 47.4. The SMILES string of the molecule is CC/C=C/C/C=C/C/C=C/C/C=C/C/C=C/C/C=C/CCCCC(=O)OC(COCCC(C(=O)[O-])[N+](C)(C)C)COC(=O)CCCC/C=C/C/C=C/CC. The molecule has 0 aromatic rings. The third-order valence-electron chi connectivity index (χ3n) is 8.22. The summed E-state index contributed by atoms with van der Waals surface area (Å²) in [5.41, 5.74) is 0. The monoisotopic (exact) mass is 752 g/mol. The van der Waals surface area contributed by atoms with Crippen LogP contribution in [0.5, 0.6) is 0 Å². The zero-order valence-electron chi connectivity index (χ0n) is 34.3. The summed E-state index contributed by atoms with van der Waals surface area (Å²) in [5.74, 6) is -1.86. The van der Waals surface area contributed by atoms with Gasteiger partial charge in [0.1, 0.15) is 12.6 Å². The fraction of sp³-hybridized carbons (Fsp3) is 0.587. The highest BCUT2D eigenvalue weighted by Gasteiger charge is 2.25. The Hall–Kier alpha value is -3.75. The molecule has 8 nitrogen and oxygen atoms in total. The quantitative estimate of drug-likeness (QED) is 0.0280. The van der Waals surface area contributed by atoms with E-state index in [1.807, 2.05) is 0 Å². The van der Waals surface area contributed by atoms with Crippen molar-refractivity contribution < 1.29 is 38.2 Å². The normalized spacial score (nSPS) is 14.0. The maximum Gasteiger partial charge on any atom is 0.306 e. The molecule has 2 unspecified atom stereocenters. The molecule has 0 aromatic heterocycles. The second-order valence-corrected chi connectivity index (χ2v) is 14.1. The van der Waals surface area contributed by atoms with Gasteiger partial charge in [0.05, 0.1) is 40.3 Å². The summed E-state index contributed by atoms with van der Waals surface area (Å²) in [7, 11) is 5.36. The molecule has 0 aromatic carbocycles. The van der Waals surface area contributed by atoms with Gasteiger partial charge in [0.2, 0.25) is 0 Å². The van der Waals surface area contributed by atoms with Gasteiger partial charge >= 0.3 is 11.9 Å². The van der Waals surface area contributed by atoms with Gasteiger partial charge in [-0.05, 0) is 89.9 Å². The summed E-state index contributed by atoms with van der Waals surface area (Å²) < 4.78 is 17.0. The maximum absolute atomic E-state index is 12.7. The van der Waals surface area contributed by atoms with Crippen LogP contribution >= 0.6 is 0 Å². The number of nitrogens with zero attached hydrogens (tertiary/aromatic N) is 1. The topological polar surface area (TPSA) is 102 Å². The number of unbranched alkanes of at least 4 members (excludes halogenated alkanes) is 4. The molecular weight excluding hydrogens is 679 g/mol. The first-order valence-corrected chi connectivity index (χ1v) is 20.3. The Bertz CT molecular complexity index is 1200. The fourth-order valence-electron chi connectivity index (χ4n) is 5.11. The molecule has 0 aliphatic rings. The Morgan fingerprint density at radius 2 is 0.963 bits per heavy atom. The Morgan fingerprint density at radius 3 is 1.37 bits per heavy atom. The highest BCUT2D eigenvalue weighted by Crippen LogP contribution is 2.10. The number of quaternary nitrogens is 1. The number of carboxylic acids is 1. The summed E-state index contributed by atoms with van der Waals surface area (Å²) in [6, 6.07) is -0.743. The van der Waals surface area contributed by atoms with Gasteiger partial charge in [0.25, 0.3) is 0 Å². The van der Waals surface area contributed by atoms with Gasteiger partial charge in [-0.2, -0.15) is 0 Å². The van der Waals surface area contributed by atoms with E-state index in [0.29, 0.717) is 12.8 Å². The van der Waals surface area contributed by atoms with Crippen molar-refractivity contribution in [3.63, 3.8) is 0 Å². The van der Waals surface area contributed by atoms with Crippen LogP contribution in [-0.4, -0.2) is 75.5 Å². The highest BCUT2D eigenvalue weighted by molar-refractivity contribution is 5.70. The molecule has 0 saturated heterocycles. The molecule has 0 heterocycles. The van der Waals surface area contributed by atoms with Gasteiger partial charge in [-0.25, -0.2) is 0 Å². The number of likely N-dealkylation sites (N-methyl/N-ethyl adjacent to an activating group) is 1. The van der Waals surface area contributed by atoms with Gasteiger partial charge in [0.15, 0.2) is 6.10 Å². The minimum absolute atomic E-state index is 0.00570. The van der Waals surface area contributed by atoms with E-state index in [9.17, 15) is 19.5 Å². The second-order valence-electron chi connectivity index (χ2n) is 14.1. The number of rotatable bonds is 34. The predicted octanol–water partition coefficient (Wildman–Crippen LogP) is 9.40. The van der Waals surface area contributed by atoms with Crippen LogP contribution in [0.15, 0.2) is 97.2 Å². The summed E-state index contributed by atoms with van der Waals surface area (Å²) in [6.45, 7) is 4.30. The average Bonchev–Trinajstić information content (AvgIpc) is 3.12. The van der Waals surface area contributed by atoms with Gasteiger partial charge in [0, 0.05) is 19.3 Å². The van der Waals surface area contributed by atoms with Crippen LogP contribution < -0.4 is 5.11 Å². The zero-order valence-corrected chi connectivity index (χ0v) is 34.3. The van der Waals surface area contributed by atoms with E-state index in [1.165, 1.54) is 0 Å². The lowest BCUT2D eigenvalue weighted by Crippen LogP contribution is -2.55. The molecule has 0 fully saturated rings. The summed E-state index contributed by atoms with van der Waals surface area (Å²) >= 11 is 0. The van der Waals surface area contributed by atoms with Crippen LogP contribution in [0, 0.1) is 0 Å². The molecule has 0 aliphatic heterocycles. The van der Waals surface area contributed by atoms with E-state index in [-0.39, 0.29) is 55.5 Å². The van der Waals surface area contributed by atoms with Gasteiger partial charge in [-0.1, -0.05) is 111 Å². The van der Waals surface area contributed by atoms with Crippen LogP contribution in [0.2, 0.25) is 0 Å². The van der Waals surface area contributed by atoms with Crippen molar-refractivity contribution >= 4 is 17.9 Å². The van der Waals surface area contributed by atoms with Gasteiger partial charge in [-0.15, -0.1) is 0 Å². The van der Waals surface area contributed by atoms with Crippen LogP contribution in [0.3, 0.4) is 0 Å². The van der Waals surface area contributed by atoms with Crippen LogP contribution in [0.4, 0.5) is 0 Å². The minimum Gasteiger partial charge on any atom is -0.544 e. The van der Waals surface area contributed by atoms with Crippen molar-refractivity contribution in [2.24, 2.45) is 0 Å². The van der Waals surface area contributed by atoms with E-state index in [0.717, 1.165) is 77.0 Å². The van der Waals surface area contributed by atoms with Crippen molar-refractivity contribution in [1.82, 2.24) is 0 Å². The number of carbonyl (C=O) groups excluding carboxylic acids is 3. The minimum atomic E-state index is -1.14. The molecule has 0 bridgehead atoms. The van der Waals surface area contributed by atoms with E-state index < -0.39 is 18.1 Å². The van der Waals surface area contributed by atoms with E-state index in [2.05, 4.69) is 111 Å². The molecule has 0 saturated carbocycles. The number of allylic oxidation sites excluding steroid dienone is 16. The van der Waals surface area contributed by atoms with Crippen molar-refractivity contribution in [1.29, 1.82) is 0 Å². The Kier molecular flexibility index (Phi) is 33.7. The molecule has 0 N–H and O–H groups in total. The van der Waals surface area contributed by atoms with Crippen molar-refractivity contribution in [3.8, 4) is 0 Å².